The first-order valence-corrected chi connectivity index (χ1v) is 16.7. The number of rotatable bonds is 10. The van der Waals surface area contributed by atoms with E-state index in [0.29, 0.717) is 41.4 Å². The molecule has 10 nitrogen and oxygen atoms in total. The zero-order chi connectivity index (χ0) is 34.3. The predicted molar refractivity (Wildman–Crippen MR) is 185 cm³/mol. The molecule has 4 aromatic heterocycles. The second kappa shape index (κ2) is 18.8. The van der Waals surface area contributed by atoms with Gasteiger partial charge in [0.25, 0.3) is 0 Å². The molecule has 0 spiro atoms. The Bertz CT molecular complexity index is 1840. The third-order valence-corrected chi connectivity index (χ3v) is 8.48. The normalized spacial score (nSPS) is 10.3. The maximum atomic E-state index is 12.9. The van der Waals surface area contributed by atoms with Crippen LogP contribution >= 0.6 is 38.6 Å². The summed E-state index contributed by atoms with van der Waals surface area (Å²) in [7, 11) is -1.51. The van der Waals surface area contributed by atoms with E-state index in [1.807, 2.05) is 18.2 Å². The van der Waals surface area contributed by atoms with E-state index in [9.17, 15) is 18.4 Å². The molecule has 0 aliphatic heterocycles. The summed E-state index contributed by atoms with van der Waals surface area (Å²) in [6.45, 7) is 0. The summed E-state index contributed by atoms with van der Waals surface area (Å²) in [5.41, 5.74) is 1.16. The summed E-state index contributed by atoms with van der Waals surface area (Å²) in [5, 5.41) is 23.7. The summed E-state index contributed by atoms with van der Waals surface area (Å²) < 4.78 is 36.3. The van der Waals surface area contributed by atoms with Crippen molar-refractivity contribution >= 4 is 73.3 Å². The van der Waals surface area contributed by atoms with Crippen molar-refractivity contribution in [2.45, 2.75) is 25.7 Å². The van der Waals surface area contributed by atoms with Crippen LogP contribution in [0.2, 0.25) is 0 Å². The Balaban J connectivity index is 0.000000175. The van der Waals surface area contributed by atoms with Crippen LogP contribution in [0.4, 0.5) is 19.0 Å². The smallest absolute Gasteiger partial charge is 0.469 e. The van der Waals surface area contributed by atoms with E-state index >= 15 is 0 Å². The number of hydrogen-bond donors (Lipinski definition) is 4. The average Bonchev–Trinajstić information content (AvgIpc) is 3.90. The van der Waals surface area contributed by atoms with Crippen molar-refractivity contribution in [3.8, 4) is 10.4 Å². The van der Waals surface area contributed by atoms with Crippen molar-refractivity contribution in [1.82, 2.24) is 9.97 Å². The number of nitrogens with zero attached hydrogens (tertiary/aromatic N) is 2. The minimum Gasteiger partial charge on any atom is -0.469 e. The third-order valence-electron chi connectivity index (χ3n) is 6.13. The molecule has 248 valence electrons. The van der Waals surface area contributed by atoms with Crippen molar-refractivity contribution in [2.75, 3.05) is 10.6 Å². The fourth-order valence-electron chi connectivity index (χ4n) is 3.77. The molecule has 0 aliphatic carbocycles. The monoisotopic (exact) mass is 756 g/mol. The number of aryl methyl sites for hydroxylation is 2. The van der Waals surface area contributed by atoms with Crippen LogP contribution in [0.5, 0.6) is 0 Å². The zero-order valence-electron chi connectivity index (χ0n) is 25.0. The number of amides is 2. The van der Waals surface area contributed by atoms with E-state index in [-0.39, 0.29) is 23.4 Å². The molecule has 4 N–H and O–H groups in total. The molecule has 0 atom stereocenters. The highest BCUT2D eigenvalue weighted by molar-refractivity contribution is 9.11. The molecule has 6 rings (SSSR count). The lowest BCUT2D eigenvalue weighted by atomic mass is 9.80. The van der Waals surface area contributed by atoms with Crippen LogP contribution in [0.1, 0.15) is 24.4 Å². The molecule has 2 amide bonds. The number of halogens is 3. The number of aromatic nitrogens is 2. The number of hydrogen-bond acceptors (Lipinski definition) is 10. The number of furan rings is 2. The standard InChI is InChI=1S/C16H13FN2O2S.C10H9BrN2O2S.C6H6BFO2/c17-12-5-3-11(4-6-12)14-10-18-16(22-14)19-15(20)8-7-13-2-1-9-21-13;11-8-6-12-10(16-8)13-9(14)4-3-7-2-1-5-15-7;8-6-3-1-5(2-4-6)7(9)10/h1-6,9-10H,7-8H2,(H,18,19,20);1-2,5-6H,3-4H2,(H,12,13,14);1-4,9-10H. The SMILES string of the molecule is O=C(CCc1ccco1)Nc1ncc(-c2ccc(F)cc2)s1.O=C(CCc1ccco1)Nc1ncc(Br)s1.OB(O)c1ccc(F)cc1. The van der Waals surface area contributed by atoms with Crippen LogP contribution in [0, 0.1) is 11.6 Å². The molecule has 0 saturated heterocycles. The maximum absolute atomic E-state index is 12.9. The molecule has 2 aromatic carbocycles. The fourth-order valence-corrected chi connectivity index (χ4v) is 5.73. The molecule has 0 saturated carbocycles. The van der Waals surface area contributed by atoms with Crippen molar-refractivity contribution in [3.63, 3.8) is 0 Å². The Morgan fingerprint density at radius 1 is 0.750 bits per heavy atom. The molecule has 16 heteroatoms. The quantitative estimate of drug-likeness (QED) is 0.113. The number of carbonyl (C=O) groups is 2. The van der Waals surface area contributed by atoms with Gasteiger partial charge in [0.05, 0.1) is 27.4 Å². The predicted octanol–water partition coefficient (Wildman–Crippen LogP) is 6.69. The second-order valence-electron chi connectivity index (χ2n) is 9.69. The number of nitrogens with one attached hydrogen (secondary N) is 2. The van der Waals surface area contributed by atoms with Crippen LogP contribution in [-0.2, 0) is 22.4 Å². The van der Waals surface area contributed by atoms with Gasteiger partial charge in [0.1, 0.15) is 23.2 Å². The van der Waals surface area contributed by atoms with Gasteiger partial charge in [-0.1, -0.05) is 46.9 Å². The minimum atomic E-state index is -1.51. The van der Waals surface area contributed by atoms with E-state index in [2.05, 4.69) is 36.5 Å². The van der Waals surface area contributed by atoms with Crippen molar-refractivity contribution in [2.24, 2.45) is 0 Å². The molecule has 4 heterocycles. The van der Waals surface area contributed by atoms with E-state index in [4.69, 9.17) is 18.9 Å². The highest BCUT2D eigenvalue weighted by Crippen LogP contribution is 2.29. The van der Waals surface area contributed by atoms with Gasteiger partial charge in [-0.15, -0.1) is 0 Å². The number of carbonyl (C=O) groups excluding carboxylic acids is 2. The zero-order valence-corrected chi connectivity index (χ0v) is 28.2. The molecular formula is C32H28BBrF2N4O6S2. The molecule has 0 aliphatic rings. The van der Waals surface area contributed by atoms with Gasteiger partial charge in [0, 0.05) is 31.9 Å². The lowest BCUT2D eigenvalue weighted by Crippen LogP contribution is -2.29. The maximum Gasteiger partial charge on any atom is 0.488 e. The molecule has 0 radical (unpaired) electrons. The first-order chi connectivity index (χ1) is 23.1. The van der Waals surface area contributed by atoms with Crippen LogP contribution in [0.15, 0.2) is 110 Å². The highest BCUT2D eigenvalue weighted by atomic mass is 79.9. The molecular weight excluding hydrogens is 729 g/mol. The van der Waals surface area contributed by atoms with Crippen molar-refractivity contribution in [1.29, 1.82) is 0 Å². The van der Waals surface area contributed by atoms with Crippen LogP contribution in [0.25, 0.3) is 10.4 Å². The minimum absolute atomic E-state index is 0.0572. The Kier molecular flexibility index (Phi) is 14.2. The second-order valence-corrected chi connectivity index (χ2v) is 13.1. The Hall–Kier alpha value is -4.48. The van der Waals surface area contributed by atoms with E-state index in [1.165, 1.54) is 59.1 Å². The largest absolute Gasteiger partial charge is 0.488 e. The van der Waals surface area contributed by atoms with Gasteiger partial charge < -0.3 is 29.5 Å². The van der Waals surface area contributed by atoms with Crippen LogP contribution < -0.4 is 16.1 Å². The first kappa shape index (κ1) is 36.4. The summed E-state index contributed by atoms with van der Waals surface area (Å²) in [6.07, 6.45) is 8.39. The van der Waals surface area contributed by atoms with E-state index in [0.717, 1.165) is 25.7 Å². The molecule has 0 unspecified atom stereocenters. The van der Waals surface area contributed by atoms with Crippen molar-refractivity contribution in [3.05, 3.63) is 125 Å². The fraction of sp³-hybridized carbons (Fsp3) is 0.125. The molecule has 0 fully saturated rings. The van der Waals surface area contributed by atoms with Crippen LogP contribution in [-0.4, -0.2) is 38.9 Å². The van der Waals surface area contributed by atoms with Gasteiger partial charge in [0.15, 0.2) is 10.3 Å². The van der Waals surface area contributed by atoms with Gasteiger partial charge in [-0.2, -0.15) is 0 Å². The number of anilines is 2. The first-order valence-electron chi connectivity index (χ1n) is 14.2. The van der Waals surface area contributed by atoms with Gasteiger partial charge >= 0.3 is 7.12 Å². The van der Waals surface area contributed by atoms with Gasteiger partial charge in [-0.3, -0.25) is 9.59 Å². The molecule has 6 aromatic rings. The third kappa shape index (κ3) is 12.6. The summed E-state index contributed by atoms with van der Waals surface area (Å²) in [5.74, 6) is 0.760. The number of benzene rings is 2. The summed E-state index contributed by atoms with van der Waals surface area (Å²) >= 11 is 6.03. The average molecular weight is 757 g/mol. The highest BCUT2D eigenvalue weighted by Gasteiger charge is 2.11. The van der Waals surface area contributed by atoms with Gasteiger partial charge in [-0.05, 0) is 75.5 Å². The van der Waals surface area contributed by atoms with E-state index in [1.54, 1.807) is 43.1 Å². The lowest BCUT2D eigenvalue weighted by molar-refractivity contribution is -0.117. The van der Waals surface area contributed by atoms with Gasteiger partial charge in [-0.25, -0.2) is 18.7 Å². The molecule has 0 bridgehead atoms. The van der Waals surface area contributed by atoms with Gasteiger partial charge in [0.2, 0.25) is 11.8 Å². The summed E-state index contributed by atoms with van der Waals surface area (Å²) in [4.78, 5) is 32.4. The van der Waals surface area contributed by atoms with Crippen LogP contribution in [0.3, 0.4) is 0 Å². The number of thiazole rings is 2. The Morgan fingerprint density at radius 3 is 1.71 bits per heavy atom. The van der Waals surface area contributed by atoms with Crippen molar-refractivity contribution < 1.29 is 37.3 Å². The molecule has 48 heavy (non-hydrogen) atoms. The Morgan fingerprint density at radius 2 is 1.25 bits per heavy atom. The topological polar surface area (TPSA) is 151 Å². The Labute approximate surface area is 290 Å². The lowest BCUT2D eigenvalue weighted by Gasteiger charge is -2.00. The van der Waals surface area contributed by atoms with E-state index < -0.39 is 7.12 Å². The summed E-state index contributed by atoms with van der Waals surface area (Å²) in [6, 6.07) is 18.5.